The van der Waals surface area contributed by atoms with Crippen LogP contribution in [0.15, 0.2) is 84.9 Å². The number of rotatable bonds is 5. The molecule has 5 aromatic rings. The zero-order chi connectivity index (χ0) is 22.1. The molecule has 1 heterocycles. The minimum atomic E-state index is -0.0390. The van der Waals surface area contributed by atoms with Gasteiger partial charge in [-0.1, -0.05) is 72.8 Å². The van der Waals surface area contributed by atoms with Crippen LogP contribution in [0.2, 0.25) is 0 Å². The number of fused-ring (bicyclic) bond motifs is 1. The SMILES string of the molecule is COc1cc(-c2nc(-c3ccccc3)c(-c3cccc4ccccc34)[nH]2)cc(OC)c1O. The van der Waals surface area contributed by atoms with Crippen molar-refractivity contribution in [3.8, 4) is 51.2 Å². The van der Waals surface area contributed by atoms with Crippen molar-refractivity contribution in [3.63, 3.8) is 0 Å². The molecular formula is C27H22N2O3. The largest absolute Gasteiger partial charge is 0.502 e. The van der Waals surface area contributed by atoms with Gasteiger partial charge in [0, 0.05) is 16.7 Å². The number of benzene rings is 4. The molecule has 0 aliphatic rings. The number of imidazole rings is 1. The van der Waals surface area contributed by atoms with Gasteiger partial charge in [-0.15, -0.1) is 0 Å². The van der Waals surface area contributed by atoms with Crippen LogP contribution in [0.25, 0.3) is 44.7 Å². The fraction of sp³-hybridized carbons (Fsp3) is 0.0741. The maximum atomic E-state index is 10.3. The maximum Gasteiger partial charge on any atom is 0.200 e. The van der Waals surface area contributed by atoms with Crippen LogP contribution in [0.1, 0.15) is 0 Å². The van der Waals surface area contributed by atoms with Crippen LogP contribution in [-0.4, -0.2) is 29.3 Å². The van der Waals surface area contributed by atoms with Crippen LogP contribution in [0, 0.1) is 0 Å². The van der Waals surface area contributed by atoms with E-state index in [1.54, 1.807) is 12.1 Å². The first-order valence-electron chi connectivity index (χ1n) is 10.3. The molecule has 0 atom stereocenters. The Balaban J connectivity index is 1.77. The molecule has 5 nitrogen and oxygen atoms in total. The fourth-order valence-corrected chi connectivity index (χ4v) is 3.98. The van der Waals surface area contributed by atoms with Gasteiger partial charge in [-0.25, -0.2) is 4.98 Å². The van der Waals surface area contributed by atoms with Gasteiger partial charge < -0.3 is 19.6 Å². The zero-order valence-corrected chi connectivity index (χ0v) is 17.8. The van der Waals surface area contributed by atoms with Crippen molar-refractivity contribution >= 4 is 10.8 Å². The summed E-state index contributed by atoms with van der Waals surface area (Å²) in [7, 11) is 3.02. The summed E-state index contributed by atoms with van der Waals surface area (Å²) in [5.41, 5.74) is 4.60. The number of methoxy groups -OCH3 is 2. The number of nitrogens with one attached hydrogen (secondary N) is 1. The highest BCUT2D eigenvalue weighted by atomic mass is 16.5. The number of aromatic amines is 1. The van der Waals surface area contributed by atoms with Crippen LogP contribution in [0.4, 0.5) is 0 Å². The Morgan fingerprint density at radius 3 is 2.12 bits per heavy atom. The van der Waals surface area contributed by atoms with E-state index >= 15 is 0 Å². The van der Waals surface area contributed by atoms with Crippen LogP contribution >= 0.6 is 0 Å². The molecule has 5 heteroatoms. The van der Waals surface area contributed by atoms with E-state index in [0.717, 1.165) is 38.9 Å². The second-order valence-electron chi connectivity index (χ2n) is 7.43. The first-order chi connectivity index (χ1) is 15.7. The average Bonchev–Trinajstić information content (AvgIpc) is 3.29. The van der Waals surface area contributed by atoms with E-state index in [-0.39, 0.29) is 5.75 Å². The van der Waals surface area contributed by atoms with Crippen molar-refractivity contribution in [3.05, 3.63) is 84.9 Å². The smallest absolute Gasteiger partial charge is 0.200 e. The third-order valence-electron chi connectivity index (χ3n) is 5.56. The lowest BCUT2D eigenvalue weighted by molar-refractivity contribution is 0.340. The Morgan fingerprint density at radius 1 is 0.750 bits per heavy atom. The van der Waals surface area contributed by atoms with E-state index in [1.165, 1.54) is 14.2 Å². The summed E-state index contributed by atoms with van der Waals surface area (Å²) in [5, 5.41) is 12.6. The molecule has 0 fully saturated rings. The molecule has 0 unspecified atom stereocenters. The second-order valence-corrected chi connectivity index (χ2v) is 7.43. The van der Waals surface area contributed by atoms with Gasteiger partial charge in [-0.2, -0.15) is 0 Å². The number of aromatic hydroxyl groups is 1. The lowest BCUT2D eigenvalue weighted by atomic mass is 9.99. The summed E-state index contributed by atoms with van der Waals surface area (Å²) < 4.78 is 10.7. The Labute approximate surface area is 185 Å². The number of phenolic OH excluding ortho intramolecular Hbond substituents is 1. The Kier molecular flexibility index (Phi) is 5.00. The molecule has 4 aromatic carbocycles. The van der Waals surface area contributed by atoms with E-state index in [0.29, 0.717) is 17.3 Å². The molecule has 5 rings (SSSR count). The van der Waals surface area contributed by atoms with Crippen molar-refractivity contribution in [1.29, 1.82) is 0 Å². The Bertz CT molecular complexity index is 1380. The van der Waals surface area contributed by atoms with Gasteiger partial charge in [-0.3, -0.25) is 0 Å². The molecule has 158 valence electrons. The van der Waals surface area contributed by atoms with E-state index in [2.05, 4.69) is 35.3 Å². The summed E-state index contributed by atoms with van der Waals surface area (Å²) in [6.45, 7) is 0. The minimum Gasteiger partial charge on any atom is -0.502 e. The molecule has 2 N–H and O–H groups in total. The van der Waals surface area contributed by atoms with Gasteiger partial charge in [0.25, 0.3) is 0 Å². The Morgan fingerprint density at radius 2 is 1.41 bits per heavy atom. The van der Waals surface area contributed by atoms with Crippen LogP contribution < -0.4 is 9.47 Å². The average molecular weight is 422 g/mol. The number of H-pyrrole nitrogens is 1. The number of aromatic nitrogens is 2. The lowest BCUT2D eigenvalue weighted by Crippen LogP contribution is -1.91. The summed E-state index contributed by atoms with van der Waals surface area (Å²) >= 11 is 0. The molecule has 0 aliphatic carbocycles. The quantitative estimate of drug-likeness (QED) is 0.349. The third-order valence-corrected chi connectivity index (χ3v) is 5.56. The minimum absolute atomic E-state index is 0.0390. The van der Waals surface area contributed by atoms with Crippen LogP contribution in [-0.2, 0) is 0 Å². The van der Waals surface area contributed by atoms with Crippen molar-refractivity contribution < 1.29 is 14.6 Å². The van der Waals surface area contributed by atoms with Crippen molar-refractivity contribution in [2.45, 2.75) is 0 Å². The number of phenols is 1. The molecule has 0 spiro atoms. The highest BCUT2D eigenvalue weighted by Crippen LogP contribution is 2.42. The number of nitrogens with zero attached hydrogens (tertiary/aromatic N) is 1. The fourth-order valence-electron chi connectivity index (χ4n) is 3.98. The van der Waals surface area contributed by atoms with Crippen molar-refractivity contribution in [1.82, 2.24) is 9.97 Å². The Hall–Kier alpha value is -4.25. The first kappa shape index (κ1) is 19.7. The van der Waals surface area contributed by atoms with E-state index in [9.17, 15) is 5.11 Å². The molecule has 0 bridgehead atoms. The molecule has 32 heavy (non-hydrogen) atoms. The number of hydrogen-bond acceptors (Lipinski definition) is 4. The van der Waals surface area contributed by atoms with Gasteiger partial charge in [0.15, 0.2) is 11.5 Å². The predicted octanol–water partition coefficient (Wildman–Crippen LogP) is 6.29. The van der Waals surface area contributed by atoms with Crippen molar-refractivity contribution in [2.24, 2.45) is 0 Å². The highest BCUT2D eigenvalue weighted by molar-refractivity contribution is 5.99. The molecule has 0 radical (unpaired) electrons. The van der Waals surface area contributed by atoms with E-state index < -0.39 is 0 Å². The maximum absolute atomic E-state index is 10.3. The molecular weight excluding hydrogens is 400 g/mol. The van der Waals surface area contributed by atoms with E-state index in [4.69, 9.17) is 14.5 Å². The first-order valence-corrected chi connectivity index (χ1v) is 10.3. The van der Waals surface area contributed by atoms with Gasteiger partial charge in [-0.05, 0) is 22.9 Å². The van der Waals surface area contributed by atoms with Crippen LogP contribution in [0.5, 0.6) is 17.2 Å². The van der Waals surface area contributed by atoms with E-state index in [1.807, 2.05) is 42.5 Å². The molecule has 0 saturated carbocycles. The zero-order valence-electron chi connectivity index (χ0n) is 17.8. The normalized spacial score (nSPS) is 10.9. The monoisotopic (exact) mass is 422 g/mol. The lowest BCUT2D eigenvalue weighted by Gasteiger charge is -2.10. The molecule has 0 amide bonds. The molecule has 0 aliphatic heterocycles. The van der Waals surface area contributed by atoms with Gasteiger partial charge in [0.2, 0.25) is 5.75 Å². The summed E-state index contributed by atoms with van der Waals surface area (Å²) in [6, 6.07) is 28.2. The number of hydrogen-bond donors (Lipinski definition) is 2. The third kappa shape index (κ3) is 3.34. The van der Waals surface area contributed by atoms with Crippen LogP contribution in [0.3, 0.4) is 0 Å². The summed E-state index contributed by atoms with van der Waals surface area (Å²) in [4.78, 5) is 8.49. The van der Waals surface area contributed by atoms with Gasteiger partial charge in [0.05, 0.1) is 25.6 Å². The van der Waals surface area contributed by atoms with Gasteiger partial charge in [0.1, 0.15) is 5.82 Å². The highest BCUT2D eigenvalue weighted by Gasteiger charge is 2.19. The molecule has 1 aromatic heterocycles. The van der Waals surface area contributed by atoms with Crippen molar-refractivity contribution in [2.75, 3.05) is 14.2 Å². The summed E-state index contributed by atoms with van der Waals surface area (Å²) in [6.07, 6.45) is 0. The standard InChI is InChI=1S/C27H22N2O3/c1-31-22-15-19(16-23(32-2)26(22)30)27-28-24(18-10-4-3-5-11-18)25(29-27)21-14-8-12-17-9-6-7-13-20(17)21/h3-16,30H,1-2H3,(H,28,29). The predicted molar refractivity (Wildman–Crippen MR) is 127 cm³/mol. The van der Waals surface area contributed by atoms with Gasteiger partial charge >= 0.3 is 0 Å². The number of ether oxygens (including phenoxy) is 2. The molecule has 0 saturated heterocycles. The summed E-state index contributed by atoms with van der Waals surface area (Å²) in [5.74, 6) is 1.26. The second kappa shape index (κ2) is 8.12. The topological polar surface area (TPSA) is 67.4 Å².